The lowest BCUT2D eigenvalue weighted by Gasteiger charge is -2.52. The van der Waals surface area contributed by atoms with E-state index in [0.717, 1.165) is 24.7 Å². The molecule has 3 rings (SSSR count). The van der Waals surface area contributed by atoms with Gasteiger partial charge in [0, 0.05) is 12.3 Å². The molecule has 2 nitrogen and oxygen atoms in total. The van der Waals surface area contributed by atoms with Crippen LogP contribution in [0.15, 0.2) is 0 Å². The smallest absolute Gasteiger partial charge is 0.165 e. The van der Waals surface area contributed by atoms with E-state index in [-0.39, 0.29) is 5.92 Å². The van der Waals surface area contributed by atoms with Crippen LogP contribution in [0.2, 0.25) is 0 Å². The topological polar surface area (TPSA) is 40.5 Å². The summed E-state index contributed by atoms with van der Waals surface area (Å²) in [6.45, 7) is 0. The average Bonchev–Trinajstić information content (AvgIpc) is 2.28. The molecule has 3 aliphatic carbocycles. The molecule has 4 unspecified atom stereocenters. The minimum Gasteiger partial charge on any atom is -0.365 e. The second-order valence-corrected chi connectivity index (χ2v) is 6.33. The van der Waals surface area contributed by atoms with Crippen LogP contribution in [0.4, 0.5) is 0 Å². The zero-order valence-electron chi connectivity index (χ0n) is 10.1. The molecule has 3 saturated carbocycles. The molecule has 2 N–H and O–H groups in total. The van der Waals surface area contributed by atoms with Gasteiger partial charge in [-0.25, -0.2) is 0 Å². The molecule has 0 amide bonds. The van der Waals surface area contributed by atoms with Gasteiger partial charge in [-0.1, -0.05) is 19.3 Å². The van der Waals surface area contributed by atoms with Crippen molar-refractivity contribution in [3.05, 3.63) is 0 Å². The maximum atomic E-state index is 10.1. The second-order valence-electron chi connectivity index (χ2n) is 6.33. The van der Waals surface area contributed by atoms with E-state index >= 15 is 0 Å². The van der Waals surface area contributed by atoms with Gasteiger partial charge in [0.05, 0.1) is 0 Å². The van der Waals surface area contributed by atoms with Gasteiger partial charge in [0.1, 0.15) is 0 Å². The molecule has 0 radical (unpaired) electrons. The zero-order chi connectivity index (χ0) is 11.2. The first-order chi connectivity index (χ1) is 7.68. The lowest BCUT2D eigenvalue weighted by Crippen LogP contribution is -2.51. The molecule has 0 saturated heterocycles. The van der Waals surface area contributed by atoms with Gasteiger partial charge < -0.3 is 10.2 Å². The molecule has 0 aromatic heterocycles. The summed E-state index contributed by atoms with van der Waals surface area (Å²) in [5.41, 5.74) is 0. The van der Waals surface area contributed by atoms with Crippen LogP contribution in [0.5, 0.6) is 0 Å². The number of hydrogen-bond acceptors (Lipinski definition) is 2. The molecule has 3 fully saturated rings. The summed E-state index contributed by atoms with van der Waals surface area (Å²) in [5.74, 6) is 1.17. The van der Waals surface area contributed by atoms with Crippen molar-refractivity contribution >= 4 is 0 Å². The minimum atomic E-state index is -1.34. The summed E-state index contributed by atoms with van der Waals surface area (Å²) in [6.07, 6.45) is 10.7. The third-order valence-electron chi connectivity index (χ3n) is 5.56. The molecule has 16 heavy (non-hydrogen) atoms. The second kappa shape index (κ2) is 3.99. The number of hydrogen-bond donors (Lipinski definition) is 2. The Hall–Kier alpha value is -0.0800. The molecular weight excluding hydrogens is 200 g/mol. The third kappa shape index (κ3) is 1.70. The average molecular weight is 224 g/mol. The number of fused-ring (bicyclic) bond motifs is 3. The maximum absolute atomic E-state index is 10.1. The Morgan fingerprint density at radius 2 is 1.50 bits per heavy atom. The van der Waals surface area contributed by atoms with Crippen molar-refractivity contribution in [2.24, 2.45) is 23.7 Å². The Balaban J connectivity index is 1.81. The summed E-state index contributed by atoms with van der Waals surface area (Å²) in [6, 6.07) is 0. The monoisotopic (exact) mass is 224 g/mol. The van der Waals surface area contributed by atoms with E-state index in [1.165, 1.54) is 38.5 Å². The predicted molar refractivity (Wildman–Crippen MR) is 62.7 cm³/mol. The highest BCUT2D eigenvalue weighted by atomic mass is 16.5. The van der Waals surface area contributed by atoms with Gasteiger partial charge in [-0.05, 0) is 49.9 Å². The van der Waals surface area contributed by atoms with Crippen LogP contribution in [-0.4, -0.2) is 16.0 Å². The van der Waals surface area contributed by atoms with Crippen LogP contribution >= 0.6 is 0 Å². The van der Waals surface area contributed by atoms with E-state index in [1.807, 2.05) is 0 Å². The van der Waals surface area contributed by atoms with Crippen LogP contribution in [0.25, 0.3) is 0 Å². The van der Waals surface area contributed by atoms with Gasteiger partial charge in [-0.3, -0.25) is 0 Å². The molecular formula is C14H24O2. The standard InChI is InChI=1S/C14H24O2/c15-14(16)9-3-6-12-11-5-2-1-4-10(11)7-8-13(12)14/h10-13,15-16H,1-9H2. The Morgan fingerprint density at radius 3 is 2.38 bits per heavy atom. The normalized spacial score (nSPS) is 46.9. The van der Waals surface area contributed by atoms with Gasteiger partial charge in [0.15, 0.2) is 5.79 Å². The van der Waals surface area contributed by atoms with Crippen molar-refractivity contribution in [1.82, 2.24) is 0 Å². The third-order valence-corrected chi connectivity index (χ3v) is 5.56. The molecule has 0 bridgehead atoms. The molecule has 0 aromatic rings. The molecule has 0 heterocycles. The highest BCUT2D eigenvalue weighted by Gasteiger charge is 2.50. The van der Waals surface area contributed by atoms with Crippen molar-refractivity contribution in [1.29, 1.82) is 0 Å². The van der Waals surface area contributed by atoms with Crippen LogP contribution in [0.1, 0.15) is 57.8 Å². The minimum absolute atomic E-state index is 0.181. The van der Waals surface area contributed by atoms with E-state index in [4.69, 9.17) is 0 Å². The summed E-state index contributed by atoms with van der Waals surface area (Å²) >= 11 is 0. The highest BCUT2D eigenvalue weighted by Crippen LogP contribution is 2.53. The summed E-state index contributed by atoms with van der Waals surface area (Å²) < 4.78 is 0. The molecule has 2 heteroatoms. The van der Waals surface area contributed by atoms with Crippen molar-refractivity contribution in [2.45, 2.75) is 63.6 Å². The molecule has 0 aromatic carbocycles. The maximum Gasteiger partial charge on any atom is 0.165 e. The van der Waals surface area contributed by atoms with Gasteiger partial charge in [-0.2, -0.15) is 0 Å². The first-order valence-electron chi connectivity index (χ1n) is 7.13. The first-order valence-corrected chi connectivity index (χ1v) is 7.13. The summed E-state index contributed by atoms with van der Waals surface area (Å²) in [5, 5.41) is 20.2. The van der Waals surface area contributed by atoms with Crippen LogP contribution in [0, 0.1) is 23.7 Å². The SMILES string of the molecule is OC1(O)CCCC2C3CCCCC3CCC21. The van der Waals surface area contributed by atoms with E-state index < -0.39 is 5.79 Å². The van der Waals surface area contributed by atoms with E-state index in [1.54, 1.807) is 0 Å². The number of rotatable bonds is 0. The largest absolute Gasteiger partial charge is 0.365 e. The zero-order valence-corrected chi connectivity index (χ0v) is 10.1. The van der Waals surface area contributed by atoms with Crippen LogP contribution < -0.4 is 0 Å². The Morgan fingerprint density at radius 1 is 0.750 bits per heavy atom. The molecule has 0 spiro atoms. The van der Waals surface area contributed by atoms with Gasteiger partial charge in [0.25, 0.3) is 0 Å². The highest BCUT2D eigenvalue weighted by molar-refractivity contribution is 4.96. The van der Waals surface area contributed by atoms with E-state index in [0.29, 0.717) is 12.3 Å². The van der Waals surface area contributed by atoms with Crippen molar-refractivity contribution < 1.29 is 10.2 Å². The predicted octanol–water partition coefficient (Wildman–Crippen LogP) is 2.68. The molecule has 4 atom stereocenters. The molecule has 0 aliphatic heterocycles. The van der Waals surface area contributed by atoms with Crippen LogP contribution in [-0.2, 0) is 0 Å². The van der Waals surface area contributed by atoms with Gasteiger partial charge in [0.2, 0.25) is 0 Å². The lowest BCUT2D eigenvalue weighted by molar-refractivity contribution is -0.248. The Bertz CT molecular complexity index is 261. The van der Waals surface area contributed by atoms with Gasteiger partial charge >= 0.3 is 0 Å². The van der Waals surface area contributed by atoms with Crippen LogP contribution in [0.3, 0.4) is 0 Å². The fourth-order valence-corrected chi connectivity index (χ4v) is 4.84. The van der Waals surface area contributed by atoms with E-state index in [2.05, 4.69) is 0 Å². The number of aliphatic hydroxyl groups is 2. The van der Waals surface area contributed by atoms with E-state index in [9.17, 15) is 10.2 Å². The van der Waals surface area contributed by atoms with Gasteiger partial charge in [-0.15, -0.1) is 0 Å². The fraction of sp³-hybridized carbons (Fsp3) is 1.00. The quantitative estimate of drug-likeness (QED) is 0.621. The lowest BCUT2D eigenvalue weighted by atomic mass is 9.56. The van der Waals surface area contributed by atoms with Crippen molar-refractivity contribution in [3.8, 4) is 0 Å². The first kappa shape index (κ1) is 11.0. The fourth-order valence-electron chi connectivity index (χ4n) is 4.84. The summed E-state index contributed by atoms with van der Waals surface area (Å²) in [7, 11) is 0. The summed E-state index contributed by atoms with van der Waals surface area (Å²) in [4.78, 5) is 0. The van der Waals surface area contributed by atoms with Crippen molar-refractivity contribution in [2.75, 3.05) is 0 Å². The Labute approximate surface area is 98.1 Å². The molecule has 3 aliphatic rings. The molecule has 92 valence electrons. The Kier molecular flexibility index (Phi) is 2.75. The van der Waals surface area contributed by atoms with Crippen molar-refractivity contribution in [3.63, 3.8) is 0 Å².